The lowest BCUT2D eigenvalue weighted by atomic mass is 10.1. The lowest BCUT2D eigenvalue weighted by Gasteiger charge is -2.27. The third-order valence-corrected chi connectivity index (χ3v) is 6.31. The lowest BCUT2D eigenvalue weighted by molar-refractivity contribution is -0.111. The summed E-state index contributed by atoms with van der Waals surface area (Å²) in [5, 5.41) is 5.76. The van der Waals surface area contributed by atoms with E-state index in [1.54, 1.807) is 24.5 Å². The smallest absolute Gasteiger partial charge is 0.255 e. The number of carbonyl (C=O) groups excluding carboxylic acids is 2. The van der Waals surface area contributed by atoms with E-state index < -0.39 is 0 Å². The van der Waals surface area contributed by atoms with Gasteiger partial charge in [0, 0.05) is 65.1 Å². The number of amides is 2. The molecule has 0 spiro atoms. The number of morpholine rings is 1. The summed E-state index contributed by atoms with van der Waals surface area (Å²) in [5.41, 5.74) is 4.47. The zero-order chi connectivity index (χ0) is 24.6. The topological polar surface area (TPSA) is 96.5 Å². The largest absolute Gasteiger partial charge is 0.379 e. The fourth-order valence-electron chi connectivity index (χ4n) is 3.60. The first-order valence-electron chi connectivity index (χ1n) is 11.2. The number of carbonyl (C=O) groups is 2. The first-order chi connectivity index (χ1) is 17.0. The Morgan fingerprint density at radius 2 is 1.86 bits per heavy atom. The van der Waals surface area contributed by atoms with Crippen LogP contribution in [-0.2, 0) is 16.1 Å². The number of anilines is 2. The van der Waals surface area contributed by atoms with Gasteiger partial charge in [-0.1, -0.05) is 28.1 Å². The van der Waals surface area contributed by atoms with Crippen LogP contribution in [0.15, 0.2) is 65.7 Å². The summed E-state index contributed by atoms with van der Waals surface area (Å²) >= 11 is 3.61. The summed E-state index contributed by atoms with van der Waals surface area (Å²) in [5.74, 6) is -0.519. The summed E-state index contributed by atoms with van der Waals surface area (Å²) in [7, 11) is 0. The fourth-order valence-corrected chi connectivity index (χ4v) is 4.10. The highest BCUT2D eigenvalue weighted by Gasteiger charge is 2.14. The number of aromatic nitrogens is 2. The predicted octanol–water partition coefficient (Wildman–Crippen LogP) is 4.28. The second-order valence-corrected chi connectivity index (χ2v) is 9.03. The van der Waals surface area contributed by atoms with Gasteiger partial charge in [-0.15, -0.1) is 0 Å². The van der Waals surface area contributed by atoms with E-state index in [4.69, 9.17) is 4.74 Å². The maximum Gasteiger partial charge on any atom is 0.255 e. The number of hydrogen-bond donors (Lipinski definition) is 2. The van der Waals surface area contributed by atoms with Crippen LogP contribution in [0.25, 0.3) is 6.08 Å². The third kappa shape index (κ3) is 7.05. The molecule has 0 atom stereocenters. The average molecular weight is 536 g/mol. The highest BCUT2D eigenvalue weighted by atomic mass is 79.9. The van der Waals surface area contributed by atoms with Gasteiger partial charge in [0.05, 0.1) is 13.2 Å². The molecule has 0 bridgehead atoms. The van der Waals surface area contributed by atoms with Crippen molar-refractivity contribution in [3.05, 3.63) is 87.9 Å². The van der Waals surface area contributed by atoms with E-state index in [0.717, 1.165) is 54.0 Å². The Morgan fingerprint density at radius 1 is 1.09 bits per heavy atom. The minimum Gasteiger partial charge on any atom is -0.379 e. The van der Waals surface area contributed by atoms with Crippen molar-refractivity contribution in [1.29, 1.82) is 0 Å². The van der Waals surface area contributed by atoms with E-state index in [1.165, 1.54) is 12.4 Å². The van der Waals surface area contributed by atoms with Crippen LogP contribution in [0.3, 0.4) is 0 Å². The Kier molecular flexibility index (Phi) is 8.36. The van der Waals surface area contributed by atoms with Crippen LogP contribution >= 0.6 is 15.9 Å². The van der Waals surface area contributed by atoms with E-state index in [-0.39, 0.29) is 11.8 Å². The number of nitrogens with one attached hydrogen (secondary N) is 2. The Bertz CT molecular complexity index is 1230. The van der Waals surface area contributed by atoms with Crippen molar-refractivity contribution in [3.63, 3.8) is 0 Å². The van der Waals surface area contributed by atoms with E-state index in [0.29, 0.717) is 16.9 Å². The second kappa shape index (κ2) is 11.8. The van der Waals surface area contributed by atoms with Crippen molar-refractivity contribution in [1.82, 2.24) is 14.9 Å². The van der Waals surface area contributed by atoms with Gasteiger partial charge in [0.2, 0.25) is 5.91 Å². The summed E-state index contributed by atoms with van der Waals surface area (Å²) < 4.78 is 6.30. The van der Waals surface area contributed by atoms with E-state index in [9.17, 15) is 9.59 Å². The first-order valence-corrected chi connectivity index (χ1v) is 12.0. The van der Waals surface area contributed by atoms with Crippen LogP contribution in [0, 0.1) is 6.92 Å². The quantitative estimate of drug-likeness (QED) is 0.438. The van der Waals surface area contributed by atoms with Gasteiger partial charge in [0.25, 0.3) is 5.91 Å². The number of hydrogen-bond acceptors (Lipinski definition) is 6. The molecule has 35 heavy (non-hydrogen) atoms. The number of nitrogens with zero attached hydrogens (tertiary/aromatic N) is 3. The number of halogens is 1. The summed E-state index contributed by atoms with van der Waals surface area (Å²) in [6.45, 7) is 5.98. The van der Waals surface area contributed by atoms with Crippen molar-refractivity contribution in [2.24, 2.45) is 0 Å². The molecule has 1 aromatic heterocycles. The van der Waals surface area contributed by atoms with Crippen molar-refractivity contribution >= 4 is 45.2 Å². The Morgan fingerprint density at radius 3 is 2.60 bits per heavy atom. The lowest BCUT2D eigenvalue weighted by Crippen LogP contribution is -2.35. The van der Waals surface area contributed by atoms with E-state index in [2.05, 4.69) is 41.4 Å². The maximum absolute atomic E-state index is 12.9. The highest BCUT2D eigenvalue weighted by molar-refractivity contribution is 9.10. The molecule has 3 aromatic rings. The van der Waals surface area contributed by atoms with Crippen molar-refractivity contribution < 1.29 is 14.3 Å². The van der Waals surface area contributed by atoms with Gasteiger partial charge in [0.15, 0.2) is 0 Å². The molecule has 0 unspecified atom stereocenters. The standard InChI is InChI=1S/C26H26BrN5O3/c1-18-2-6-22(13-24(18)31-25(33)7-3-19-14-28-17-29-15-19)30-26(34)20-4-5-21(23(27)12-20)16-32-8-10-35-11-9-32/h2-7,12-15,17H,8-11,16H2,1H3,(H,30,34)(H,31,33). The van der Waals surface area contributed by atoms with Gasteiger partial charge in [0.1, 0.15) is 6.33 Å². The third-order valence-electron chi connectivity index (χ3n) is 5.57. The van der Waals surface area contributed by atoms with Crippen LogP contribution in [0.4, 0.5) is 11.4 Å². The first kappa shape index (κ1) is 24.7. The SMILES string of the molecule is Cc1ccc(NC(=O)c2ccc(CN3CCOCC3)c(Br)c2)cc1NC(=O)C=Cc1cncnc1. The minimum atomic E-state index is -0.291. The van der Waals surface area contributed by atoms with Crippen LogP contribution < -0.4 is 10.6 Å². The van der Waals surface area contributed by atoms with Crippen LogP contribution in [0.2, 0.25) is 0 Å². The van der Waals surface area contributed by atoms with Crippen molar-refractivity contribution in [2.75, 3.05) is 36.9 Å². The van der Waals surface area contributed by atoms with E-state index in [1.807, 2.05) is 37.3 Å². The van der Waals surface area contributed by atoms with Crippen LogP contribution in [0.1, 0.15) is 27.0 Å². The monoisotopic (exact) mass is 535 g/mol. The fraction of sp³-hybridized carbons (Fsp3) is 0.231. The Balaban J connectivity index is 1.39. The maximum atomic E-state index is 12.9. The Hall–Kier alpha value is -3.40. The number of benzene rings is 2. The highest BCUT2D eigenvalue weighted by Crippen LogP contribution is 2.24. The second-order valence-electron chi connectivity index (χ2n) is 8.17. The summed E-state index contributed by atoms with van der Waals surface area (Å²) in [6, 6.07) is 11.0. The molecule has 180 valence electrons. The molecular formula is C26H26BrN5O3. The Labute approximate surface area is 212 Å². The van der Waals surface area contributed by atoms with Gasteiger partial charge in [-0.2, -0.15) is 0 Å². The number of rotatable bonds is 7. The molecule has 1 aliphatic rings. The molecule has 1 aliphatic heterocycles. The van der Waals surface area contributed by atoms with Crippen LogP contribution in [0.5, 0.6) is 0 Å². The molecule has 2 aromatic carbocycles. The van der Waals surface area contributed by atoms with Gasteiger partial charge in [-0.25, -0.2) is 9.97 Å². The van der Waals surface area contributed by atoms with Crippen LogP contribution in [-0.4, -0.2) is 53.0 Å². The van der Waals surface area contributed by atoms with Gasteiger partial charge < -0.3 is 15.4 Å². The zero-order valence-corrected chi connectivity index (χ0v) is 20.9. The molecule has 1 saturated heterocycles. The molecule has 2 heterocycles. The summed E-state index contributed by atoms with van der Waals surface area (Å²) in [4.78, 5) is 35.4. The zero-order valence-electron chi connectivity index (χ0n) is 19.3. The molecule has 0 radical (unpaired) electrons. The average Bonchev–Trinajstić information content (AvgIpc) is 2.87. The molecule has 0 aliphatic carbocycles. The normalized spacial score (nSPS) is 14.1. The molecule has 2 amide bonds. The molecule has 4 rings (SSSR count). The molecule has 1 fully saturated rings. The minimum absolute atomic E-state index is 0.228. The van der Waals surface area contributed by atoms with Gasteiger partial charge in [-0.3, -0.25) is 14.5 Å². The molecule has 0 saturated carbocycles. The van der Waals surface area contributed by atoms with Crippen molar-refractivity contribution in [3.8, 4) is 0 Å². The van der Waals surface area contributed by atoms with Gasteiger partial charge >= 0.3 is 0 Å². The van der Waals surface area contributed by atoms with Crippen molar-refractivity contribution in [2.45, 2.75) is 13.5 Å². The van der Waals surface area contributed by atoms with Gasteiger partial charge in [-0.05, 0) is 48.4 Å². The number of aryl methyl sites for hydroxylation is 1. The summed E-state index contributed by atoms with van der Waals surface area (Å²) in [6.07, 6.45) is 7.72. The molecule has 2 N–H and O–H groups in total. The number of ether oxygens (including phenoxy) is 1. The molecular weight excluding hydrogens is 510 g/mol. The predicted molar refractivity (Wildman–Crippen MR) is 139 cm³/mol. The molecule has 8 nitrogen and oxygen atoms in total. The molecule has 9 heteroatoms. The van der Waals surface area contributed by atoms with E-state index >= 15 is 0 Å².